The van der Waals surface area contributed by atoms with Crippen LogP contribution >= 0.6 is 0 Å². The summed E-state index contributed by atoms with van der Waals surface area (Å²) < 4.78 is 6.85. The zero-order valence-electron chi connectivity index (χ0n) is 17.7. The summed E-state index contributed by atoms with van der Waals surface area (Å²) in [7, 11) is 1.56. The highest BCUT2D eigenvalue weighted by Gasteiger charge is 2.17. The first kappa shape index (κ1) is 20.5. The van der Waals surface area contributed by atoms with Crippen LogP contribution in [0, 0.1) is 6.92 Å². The molecule has 0 aliphatic rings. The number of carbonyl (C=O) groups is 1. The fourth-order valence-corrected chi connectivity index (χ4v) is 3.23. The first-order valence-electron chi connectivity index (χ1n) is 9.77. The quantitative estimate of drug-likeness (QED) is 0.515. The van der Waals surface area contributed by atoms with E-state index in [0.717, 1.165) is 22.5 Å². The number of hydrogen-bond acceptors (Lipinski definition) is 6. The summed E-state index contributed by atoms with van der Waals surface area (Å²) in [4.78, 5) is 21.6. The van der Waals surface area contributed by atoms with Gasteiger partial charge >= 0.3 is 0 Å². The molecule has 8 heteroatoms. The fraction of sp³-hybridized carbons (Fsp3) is 0.217. The number of aryl methyl sites for hydroxylation is 1. The van der Waals surface area contributed by atoms with Crippen LogP contribution in [0.5, 0.6) is 5.88 Å². The van der Waals surface area contributed by atoms with Crippen molar-refractivity contribution in [1.29, 1.82) is 0 Å². The molecule has 1 aromatic carbocycles. The molecule has 1 amide bonds. The van der Waals surface area contributed by atoms with Gasteiger partial charge in [0, 0.05) is 35.5 Å². The average Bonchev–Trinajstić information content (AvgIpc) is 3.12. The van der Waals surface area contributed by atoms with Gasteiger partial charge in [-0.05, 0) is 44.5 Å². The molecule has 0 saturated heterocycles. The molecule has 0 fully saturated rings. The second kappa shape index (κ2) is 7.81. The molecule has 0 atom stereocenters. The third kappa shape index (κ3) is 4.24. The van der Waals surface area contributed by atoms with Gasteiger partial charge in [0.15, 0.2) is 5.65 Å². The number of rotatable bonds is 5. The number of nitrogens with zero attached hydrogens (tertiary/aromatic N) is 4. The Hall–Kier alpha value is -3.78. The minimum absolute atomic E-state index is 0.297. The number of aromatic nitrogens is 4. The third-order valence-electron chi connectivity index (χ3n) is 4.89. The van der Waals surface area contributed by atoms with E-state index in [0.29, 0.717) is 22.9 Å². The maximum absolute atomic E-state index is 12.8. The molecule has 0 unspecified atom stereocenters. The summed E-state index contributed by atoms with van der Waals surface area (Å²) in [6.45, 7) is 5.28. The van der Waals surface area contributed by atoms with Crippen molar-refractivity contribution in [2.75, 3.05) is 12.4 Å². The van der Waals surface area contributed by atoms with E-state index in [9.17, 15) is 9.90 Å². The standard InChI is InChI=1S/C23H23N5O3/c1-14-11-20-25-19(26-22(29)15-5-8-17(9-6-15)23(2,3)30)12-18(28(20)27-14)16-7-10-21(31-4)24-13-16/h5-13,30H,1-4H3,(H,25,26,29). The van der Waals surface area contributed by atoms with Gasteiger partial charge in [-0.25, -0.2) is 14.5 Å². The number of pyridine rings is 1. The van der Waals surface area contributed by atoms with Crippen LogP contribution < -0.4 is 10.1 Å². The summed E-state index contributed by atoms with van der Waals surface area (Å²) in [6, 6.07) is 14.1. The van der Waals surface area contributed by atoms with Crippen molar-refractivity contribution in [3.05, 3.63) is 71.5 Å². The Bertz CT molecular complexity index is 1240. The largest absolute Gasteiger partial charge is 0.481 e. The lowest BCUT2D eigenvalue weighted by atomic mass is 9.97. The number of methoxy groups -OCH3 is 1. The van der Waals surface area contributed by atoms with E-state index in [1.807, 2.05) is 19.1 Å². The lowest BCUT2D eigenvalue weighted by Gasteiger charge is -2.17. The van der Waals surface area contributed by atoms with Gasteiger partial charge in [0.05, 0.1) is 24.1 Å². The number of carbonyl (C=O) groups excluding carboxylic acids is 1. The topological polar surface area (TPSA) is 102 Å². The van der Waals surface area contributed by atoms with Crippen LogP contribution in [-0.2, 0) is 5.60 Å². The first-order chi connectivity index (χ1) is 14.7. The highest BCUT2D eigenvalue weighted by atomic mass is 16.5. The van der Waals surface area contributed by atoms with Gasteiger partial charge in [-0.3, -0.25) is 4.79 Å². The van der Waals surface area contributed by atoms with Gasteiger partial charge < -0.3 is 15.2 Å². The molecule has 31 heavy (non-hydrogen) atoms. The molecule has 8 nitrogen and oxygen atoms in total. The van der Waals surface area contributed by atoms with Crippen LogP contribution in [-0.4, -0.2) is 37.7 Å². The molecule has 4 aromatic rings. The summed E-state index contributed by atoms with van der Waals surface area (Å²) in [5, 5.41) is 17.4. The van der Waals surface area contributed by atoms with Crippen molar-refractivity contribution in [3.8, 4) is 17.1 Å². The maximum Gasteiger partial charge on any atom is 0.256 e. The maximum atomic E-state index is 12.8. The number of hydrogen-bond donors (Lipinski definition) is 2. The Morgan fingerprint density at radius 3 is 2.48 bits per heavy atom. The van der Waals surface area contributed by atoms with E-state index < -0.39 is 5.60 Å². The predicted molar refractivity (Wildman–Crippen MR) is 117 cm³/mol. The Morgan fingerprint density at radius 1 is 1.13 bits per heavy atom. The number of ether oxygens (including phenoxy) is 1. The smallest absolute Gasteiger partial charge is 0.256 e. The molecule has 0 spiro atoms. The van der Waals surface area contributed by atoms with Crippen LogP contribution in [0.1, 0.15) is 35.5 Å². The minimum atomic E-state index is -0.969. The average molecular weight is 417 g/mol. The molecule has 0 saturated carbocycles. The monoisotopic (exact) mass is 417 g/mol. The van der Waals surface area contributed by atoms with Gasteiger partial charge in [0.2, 0.25) is 5.88 Å². The molecule has 158 valence electrons. The van der Waals surface area contributed by atoms with Crippen LogP contribution in [0.25, 0.3) is 16.9 Å². The van der Waals surface area contributed by atoms with Gasteiger partial charge in [-0.1, -0.05) is 12.1 Å². The lowest BCUT2D eigenvalue weighted by molar-refractivity contribution is 0.0785. The van der Waals surface area contributed by atoms with Gasteiger partial charge in [0.1, 0.15) is 5.82 Å². The number of nitrogens with one attached hydrogen (secondary N) is 1. The van der Waals surface area contributed by atoms with Crippen molar-refractivity contribution in [2.45, 2.75) is 26.4 Å². The second-order valence-corrected chi connectivity index (χ2v) is 7.76. The number of amides is 1. The lowest BCUT2D eigenvalue weighted by Crippen LogP contribution is -2.17. The van der Waals surface area contributed by atoms with E-state index >= 15 is 0 Å². The van der Waals surface area contributed by atoms with Gasteiger partial charge in [0.25, 0.3) is 5.91 Å². The molecular weight excluding hydrogens is 394 g/mol. The van der Waals surface area contributed by atoms with E-state index in [4.69, 9.17) is 4.74 Å². The third-order valence-corrected chi connectivity index (χ3v) is 4.89. The van der Waals surface area contributed by atoms with Crippen LogP contribution in [0.3, 0.4) is 0 Å². The molecule has 0 aliphatic heterocycles. The SMILES string of the molecule is COc1ccc(-c2cc(NC(=O)c3ccc(C(C)(C)O)cc3)nc3cc(C)nn23)cn1. The summed E-state index contributed by atoms with van der Waals surface area (Å²) in [5.41, 5.74) is 3.18. The highest BCUT2D eigenvalue weighted by Crippen LogP contribution is 2.25. The van der Waals surface area contributed by atoms with E-state index in [2.05, 4.69) is 20.4 Å². The fourth-order valence-electron chi connectivity index (χ4n) is 3.23. The van der Waals surface area contributed by atoms with E-state index in [1.165, 1.54) is 0 Å². The van der Waals surface area contributed by atoms with Gasteiger partial charge in [-0.15, -0.1) is 0 Å². The minimum Gasteiger partial charge on any atom is -0.481 e. The molecule has 0 aliphatic carbocycles. The number of benzene rings is 1. The molecule has 4 rings (SSSR count). The molecular formula is C23H23N5O3. The Morgan fingerprint density at radius 2 is 1.87 bits per heavy atom. The summed E-state index contributed by atoms with van der Waals surface area (Å²) >= 11 is 0. The second-order valence-electron chi connectivity index (χ2n) is 7.76. The van der Waals surface area contributed by atoms with Crippen LogP contribution in [0.15, 0.2) is 54.7 Å². The Balaban J connectivity index is 1.68. The normalized spacial score (nSPS) is 11.5. The van der Waals surface area contributed by atoms with E-state index in [-0.39, 0.29) is 5.91 Å². The number of aliphatic hydroxyl groups is 1. The van der Waals surface area contributed by atoms with Crippen molar-refractivity contribution in [1.82, 2.24) is 19.6 Å². The zero-order valence-corrected chi connectivity index (χ0v) is 17.7. The zero-order chi connectivity index (χ0) is 22.2. The summed E-state index contributed by atoms with van der Waals surface area (Å²) in [6.07, 6.45) is 1.69. The van der Waals surface area contributed by atoms with Crippen molar-refractivity contribution < 1.29 is 14.6 Å². The Labute approximate surface area is 179 Å². The molecule has 0 bridgehead atoms. The van der Waals surface area contributed by atoms with E-state index in [1.54, 1.807) is 68.1 Å². The van der Waals surface area contributed by atoms with Crippen LogP contribution in [0.4, 0.5) is 5.82 Å². The number of fused-ring (bicyclic) bond motifs is 1. The van der Waals surface area contributed by atoms with Crippen molar-refractivity contribution >= 4 is 17.4 Å². The highest BCUT2D eigenvalue weighted by molar-refractivity contribution is 6.04. The predicted octanol–water partition coefficient (Wildman–Crippen LogP) is 3.59. The molecule has 3 aromatic heterocycles. The summed E-state index contributed by atoms with van der Waals surface area (Å²) in [5.74, 6) is 0.609. The molecule has 2 N–H and O–H groups in total. The van der Waals surface area contributed by atoms with Crippen molar-refractivity contribution in [2.24, 2.45) is 0 Å². The van der Waals surface area contributed by atoms with Crippen LogP contribution in [0.2, 0.25) is 0 Å². The molecule has 0 radical (unpaired) electrons. The first-order valence-corrected chi connectivity index (χ1v) is 9.77. The van der Waals surface area contributed by atoms with Gasteiger partial charge in [-0.2, -0.15) is 5.10 Å². The molecule has 3 heterocycles. The number of anilines is 1. The van der Waals surface area contributed by atoms with Crippen molar-refractivity contribution in [3.63, 3.8) is 0 Å². The Kier molecular flexibility index (Phi) is 5.16.